The number of hydrogen-bond acceptors (Lipinski definition) is 8. The van der Waals surface area contributed by atoms with E-state index in [2.05, 4.69) is 0 Å². The highest BCUT2D eigenvalue weighted by Gasteiger charge is 2.09. The molecule has 0 radical (unpaired) electrons. The van der Waals surface area contributed by atoms with Crippen LogP contribution in [0.1, 0.15) is 39.5 Å². The summed E-state index contributed by atoms with van der Waals surface area (Å²) in [6.07, 6.45) is 1.09. The van der Waals surface area contributed by atoms with E-state index in [0.717, 1.165) is 0 Å². The molecule has 130 valence electrons. The molecule has 0 saturated carbocycles. The summed E-state index contributed by atoms with van der Waals surface area (Å²) in [4.78, 5) is 22.6. The molecule has 0 fully saturated rings. The molecule has 22 heavy (non-hydrogen) atoms. The Morgan fingerprint density at radius 1 is 0.773 bits per heavy atom. The van der Waals surface area contributed by atoms with Crippen LogP contribution in [0.4, 0.5) is 0 Å². The summed E-state index contributed by atoms with van der Waals surface area (Å²) >= 11 is -3.24. The molecule has 0 aromatic rings. The van der Waals surface area contributed by atoms with Gasteiger partial charge in [-0.25, -0.2) is 8.42 Å². The molecule has 0 spiro atoms. The fourth-order valence-corrected chi connectivity index (χ4v) is 2.36. The van der Waals surface area contributed by atoms with Gasteiger partial charge in [0.15, 0.2) is 34.0 Å². The van der Waals surface area contributed by atoms with Gasteiger partial charge in [0, 0.05) is 12.8 Å². The number of carbonyl (C=O) groups is 2. The SMILES string of the molecule is CCOS(=O)COC(=O)CCCCC(=O)OCS(=O)OCC. The summed E-state index contributed by atoms with van der Waals surface area (Å²) in [6.45, 7) is 3.92. The van der Waals surface area contributed by atoms with Gasteiger partial charge in [-0.1, -0.05) is 0 Å². The molecule has 0 aliphatic rings. The van der Waals surface area contributed by atoms with Gasteiger partial charge in [-0.15, -0.1) is 0 Å². The molecule has 0 rings (SSSR count). The van der Waals surface area contributed by atoms with Crippen molar-refractivity contribution in [1.82, 2.24) is 0 Å². The van der Waals surface area contributed by atoms with E-state index >= 15 is 0 Å². The van der Waals surface area contributed by atoms with E-state index in [1.54, 1.807) is 13.8 Å². The van der Waals surface area contributed by atoms with E-state index in [4.69, 9.17) is 17.8 Å². The molecule has 0 bridgehead atoms. The largest absolute Gasteiger partial charge is 0.449 e. The van der Waals surface area contributed by atoms with E-state index in [-0.39, 0.29) is 37.9 Å². The van der Waals surface area contributed by atoms with Crippen LogP contribution in [0.25, 0.3) is 0 Å². The van der Waals surface area contributed by atoms with Gasteiger partial charge < -0.3 is 9.47 Å². The molecular formula is C12H22O8S2. The third kappa shape index (κ3) is 12.9. The van der Waals surface area contributed by atoms with Gasteiger partial charge in [-0.05, 0) is 26.7 Å². The lowest BCUT2D eigenvalue weighted by Crippen LogP contribution is -2.12. The number of ether oxygens (including phenoxy) is 2. The monoisotopic (exact) mass is 358 g/mol. The first kappa shape index (κ1) is 21.2. The third-order valence-corrected chi connectivity index (χ3v) is 3.76. The van der Waals surface area contributed by atoms with Gasteiger partial charge in [0.1, 0.15) is 0 Å². The fourth-order valence-electron chi connectivity index (χ4n) is 1.24. The smallest absolute Gasteiger partial charge is 0.306 e. The number of esters is 2. The first-order chi connectivity index (χ1) is 10.5. The minimum Gasteiger partial charge on any atom is -0.449 e. The van der Waals surface area contributed by atoms with Gasteiger partial charge in [0.25, 0.3) is 0 Å². The van der Waals surface area contributed by atoms with Crippen LogP contribution < -0.4 is 0 Å². The van der Waals surface area contributed by atoms with Crippen molar-refractivity contribution in [2.75, 3.05) is 25.1 Å². The van der Waals surface area contributed by atoms with E-state index in [9.17, 15) is 18.0 Å². The summed E-state index contributed by atoms with van der Waals surface area (Å²) < 4.78 is 41.0. The predicted molar refractivity (Wildman–Crippen MR) is 79.9 cm³/mol. The molecule has 10 heteroatoms. The zero-order valence-electron chi connectivity index (χ0n) is 12.7. The minimum absolute atomic E-state index is 0.113. The van der Waals surface area contributed by atoms with Gasteiger partial charge in [-0.2, -0.15) is 0 Å². The van der Waals surface area contributed by atoms with Crippen LogP contribution >= 0.6 is 0 Å². The average molecular weight is 358 g/mol. The number of carbonyl (C=O) groups excluding carboxylic acids is 2. The lowest BCUT2D eigenvalue weighted by atomic mass is 10.2. The Kier molecular flexibility index (Phi) is 13.3. The molecule has 0 aliphatic heterocycles. The molecule has 2 unspecified atom stereocenters. The van der Waals surface area contributed by atoms with Crippen molar-refractivity contribution in [3.8, 4) is 0 Å². The average Bonchev–Trinajstić information content (AvgIpc) is 2.48. The van der Waals surface area contributed by atoms with Crippen molar-refractivity contribution in [2.24, 2.45) is 0 Å². The molecule has 0 aromatic carbocycles. The Morgan fingerprint density at radius 3 is 1.45 bits per heavy atom. The van der Waals surface area contributed by atoms with E-state index in [1.807, 2.05) is 0 Å². The van der Waals surface area contributed by atoms with Crippen LogP contribution in [0.5, 0.6) is 0 Å². The van der Waals surface area contributed by atoms with E-state index in [0.29, 0.717) is 12.8 Å². The van der Waals surface area contributed by atoms with Crippen molar-refractivity contribution in [2.45, 2.75) is 39.5 Å². The van der Waals surface area contributed by atoms with Crippen molar-refractivity contribution < 1.29 is 35.8 Å². The number of unbranched alkanes of at least 4 members (excludes halogenated alkanes) is 1. The lowest BCUT2D eigenvalue weighted by Gasteiger charge is -2.05. The Hall–Kier alpha value is -0.840. The van der Waals surface area contributed by atoms with Crippen molar-refractivity contribution >= 4 is 34.1 Å². The van der Waals surface area contributed by atoms with Crippen LogP contribution in [-0.4, -0.2) is 45.4 Å². The summed E-state index contributed by atoms with van der Waals surface area (Å²) in [6, 6.07) is 0. The maximum atomic E-state index is 11.3. The summed E-state index contributed by atoms with van der Waals surface area (Å²) in [5, 5.41) is 0. The first-order valence-electron chi connectivity index (χ1n) is 6.84. The quantitative estimate of drug-likeness (QED) is 0.354. The Bertz CT molecular complexity index is 349. The number of rotatable bonds is 13. The standard InChI is InChI=1S/C12H22O8S2/c1-3-19-21(15)9-17-11(13)7-5-6-8-12(14)18-10-22(16)20-4-2/h3-10H2,1-2H3. The van der Waals surface area contributed by atoms with Crippen LogP contribution in [0, 0.1) is 0 Å². The number of hydrogen-bond donors (Lipinski definition) is 0. The van der Waals surface area contributed by atoms with Gasteiger partial charge in [0.05, 0.1) is 13.2 Å². The molecule has 0 aliphatic carbocycles. The van der Waals surface area contributed by atoms with Crippen LogP contribution in [0.3, 0.4) is 0 Å². The Labute approximate surface area is 135 Å². The zero-order chi connectivity index (χ0) is 16.8. The first-order valence-corrected chi connectivity index (χ1v) is 9.32. The maximum absolute atomic E-state index is 11.3. The molecule has 2 atom stereocenters. The lowest BCUT2D eigenvalue weighted by molar-refractivity contribution is -0.143. The zero-order valence-corrected chi connectivity index (χ0v) is 14.4. The highest BCUT2D eigenvalue weighted by molar-refractivity contribution is 7.80. The molecular weight excluding hydrogens is 336 g/mol. The molecule has 0 aromatic heterocycles. The van der Waals surface area contributed by atoms with Gasteiger partial charge in [-0.3, -0.25) is 18.0 Å². The van der Waals surface area contributed by atoms with Crippen LogP contribution in [0.2, 0.25) is 0 Å². The molecule has 0 heterocycles. The molecule has 0 amide bonds. The fraction of sp³-hybridized carbons (Fsp3) is 0.833. The van der Waals surface area contributed by atoms with Crippen molar-refractivity contribution in [3.05, 3.63) is 0 Å². The second kappa shape index (κ2) is 13.8. The highest BCUT2D eigenvalue weighted by Crippen LogP contribution is 2.04. The molecule has 8 nitrogen and oxygen atoms in total. The summed E-state index contributed by atoms with van der Waals surface area (Å²) in [5.74, 6) is -1.59. The normalized spacial score (nSPS) is 13.4. The minimum atomic E-state index is -1.62. The molecule has 0 N–H and O–H groups in total. The van der Waals surface area contributed by atoms with Crippen LogP contribution in [-0.2, 0) is 49.6 Å². The second-order valence-electron chi connectivity index (χ2n) is 3.90. The Balaban J connectivity index is 3.58. The van der Waals surface area contributed by atoms with E-state index < -0.39 is 34.1 Å². The van der Waals surface area contributed by atoms with E-state index in [1.165, 1.54) is 0 Å². The van der Waals surface area contributed by atoms with Gasteiger partial charge >= 0.3 is 11.9 Å². The second-order valence-corrected chi connectivity index (χ2v) is 6.05. The summed E-state index contributed by atoms with van der Waals surface area (Å²) in [5.41, 5.74) is 0. The van der Waals surface area contributed by atoms with Crippen molar-refractivity contribution in [3.63, 3.8) is 0 Å². The predicted octanol–water partition coefficient (Wildman–Crippen LogP) is 0.949. The van der Waals surface area contributed by atoms with Crippen molar-refractivity contribution in [1.29, 1.82) is 0 Å². The summed E-state index contributed by atoms with van der Waals surface area (Å²) in [7, 11) is 0. The van der Waals surface area contributed by atoms with Gasteiger partial charge in [0.2, 0.25) is 0 Å². The highest BCUT2D eigenvalue weighted by atomic mass is 32.2. The third-order valence-electron chi connectivity index (χ3n) is 2.14. The maximum Gasteiger partial charge on any atom is 0.306 e. The molecule has 0 saturated heterocycles. The Morgan fingerprint density at radius 2 is 1.14 bits per heavy atom. The topological polar surface area (TPSA) is 105 Å². The van der Waals surface area contributed by atoms with Crippen LogP contribution in [0.15, 0.2) is 0 Å².